The van der Waals surface area contributed by atoms with Gasteiger partial charge >= 0.3 is 5.97 Å². The highest BCUT2D eigenvalue weighted by Gasteiger charge is 2.35. The van der Waals surface area contributed by atoms with Crippen molar-refractivity contribution in [3.8, 4) is 0 Å². The monoisotopic (exact) mass is 253 g/mol. The Hall–Kier alpha value is -2.02. The number of aromatic nitrogens is 2. The number of carboxylic acid groups (broad SMARTS) is 1. The van der Waals surface area contributed by atoms with Gasteiger partial charge in [0.05, 0.1) is 17.9 Å². The number of hydrogen-bond acceptors (Lipinski definition) is 5. The molecule has 0 saturated heterocycles. The van der Waals surface area contributed by atoms with Crippen molar-refractivity contribution in [2.45, 2.75) is 19.4 Å². The minimum Gasteiger partial charge on any atom is -0.479 e. The van der Waals surface area contributed by atoms with Crippen LogP contribution in [0.1, 0.15) is 23.0 Å². The van der Waals surface area contributed by atoms with E-state index in [0.29, 0.717) is 5.69 Å². The number of carbonyl (C=O) groups excluding carboxylic acids is 1. The van der Waals surface area contributed by atoms with Gasteiger partial charge in [-0.1, -0.05) is 0 Å². The summed E-state index contributed by atoms with van der Waals surface area (Å²) in [6, 6.07) is 0. The number of aliphatic carboxylic acids is 1. The summed E-state index contributed by atoms with van der Waals surface area (Å²) in [5.74, 6) is -1.72. The van der Waals surface area contributed by atoms with Gasteiger partial charge in [0.1, 0.15) is 6.33 Å². The van der Waals surface area contributed by atoms with Crippen molar-refractivity contribution in [2.75, 3.05) is 13.7 Å². The first kappa shape index (κ1) is 14.0. The quantitative estimate of drug-likeness (QED) is 0.766. The molecule has 1 unspecified atom stereocenters. The fourth-order valence-corrected chi connectivity index (χ4v) is 1.37. The van der Waals surface area contributed by atoms with Gasteiger partial charge < -0.3 is 15.2 Å². The molecule has 0 aromatic carbocycles. The first-order valence-electron chi connectivity index (χ1n) is 5.22. The molecule has 0 aliphatic rings. The number of ether oxygens (including phenoxy) is 1. The number of methoxy groups -OCH3 is 1. The minimum atomic E-state index is -1.49. The highest BCUT2D eigenvalue weighted by Crippen LogP contribution is 2.08. The van der Waals surface area contributed by atoms with E-state index in [4.69, 9.17) is 9.84 Å². The molecule has 1 atom stereocenters. The van der Waals surface area contributed by atoms with Crippen molar-refractivity contribution < 1.29 is 19.4 Å². The van der Waals surface area contributed by atoms with Gasteiger partial charge in [0.2, 0.25) is 0 Å². The topological polar surface area (TPSA) is 101 Å². The van der Waals surface area contributed by atoms with Crippen molar-refractivity contribution >= 4 is 11.9 Å². The van der Waals surface area contributed by atoms with E-state index in [0.717, 1.165) is 0 Å². The average Bonchev–Trinajstić information content (AvgIpc) is 2.29. The number of hydrogen-bond donors (Lipinski definition) is 2. The fourth-order valence-electron chi connectivity index (χ4n) is 1.37. The van der Waals surface area contributed by atoms with Crippen LogP contribution in [-0.2, 0) is 9.53 Å². The van der Waals surface area contributed by atoms with Crippen molar-refractivity contribution in [2.24, 2.45) is 0 Å². The third-order valence-corrected chi connectivity index (χ3v) is 2.45. The molecule has 0 spiro atoms. The van der Waals surface area contributed by atoms with Crippen LogP contribution in [0.2, 0.25) is 0 Å². The Morgan fingerprint density at radius 2 is 2.22 bits per heavy atom. The molecule has 0 aliphatic heterocycles. The van der Waals surface area contributed by atoms with Crippen LogP contribution in [0.5, 0.6) is 0 Å². The number of aryl methyl sites for hydroxylation is 1. The number of carbonyl (C=O) groups is 2. The summed E-state index contributed by atoms with van der Waals surface area (Å²) in [5, 5.41) is 11.5. The van der Waals surface area contributed by atoms with E-state index in [9.17, 15) is 9.59 Å². The zero-order chi connectivity index (χ0) is 13.8. The van der Waals surface area contributed by atoms with Gasteiger partial charge in [-0.15, -0.1) is 0 Å². The summed E-state index contributed by atoms with van der Waals surface area (Å²) in [6.45, 7) is 2.88. The molecular formula is C11H15N3O4. The number of nitrogens with zero attached hydrogens (tertiary/aromatic N) is 2. The van der Waals surface area contributed by atoms with Crippen LogP contribution < -0.4 is 5.32 Å². The molecule has 0 aliphatic carbocycles. The molecule has 2 N–H and O–H groups in total. The summed E-state index contributed by atoms with van der Waals surface area (Å²) in [6.07, 6.45) is 2.66. The third-order valence-electron chi connectivity index (χ3n) is 2.45. The lowest BCUT2D eigenvalue weighted by Crippen LogP contribution is -2.55. The van der Waals surface area contributed by atoms with Crippen LogP contribution in [-0.4, -0.2) is 46.2 Å². The second kappa shape index (κ2) is 5.54. The highest BCUT2D eigenvalue weighted by molar-refractivity contribution is 5.98. The Labute approximate surface area is 104 Å². The summed E-state index contributed by atoms with van der Waals surface area (Å²) in [5.41, 5.74) is -0.776. The molecule has 1 aromatic rings. The summed E-state index contributed by atoms with van der Waals surface area (Å²) < 4.78 is 4.81. The highest BCUT2D eigenvalue weighted by atomic mass is 16.5. The first-order chi connectivity index (χ1) is 8.40. The molecule has 7 heteroatoms. The normalized spacial score (nSPS) is 13.7. The lowest BCUT2D eigenvalue weighted by Gasteiger charge is -2.25. The van der Waals surface area contributed by atoms with Crippen LogP contribution in [0.4, 0.5) is 0 Å². The van der Waals surface area contributed by atoms with Crippen molar-refractivity contribution in [1.82, 2.24) is 15.3 Å². The second-order valence-electron chi connectivity index (χ2n) is 4.05. The lowest BCUT2D eigenvalue weighted by molar-refractivity contribution is -0.145. The maximum atomic E-state index is 12.0. The number of carboxylic acids is 1. The molecule has 7 nitrogen and oxygen atoms in total. The average molecular weight is 253 g/mol. The van der Waals surface area contributed by atoms with E-state index >= 15 is 0 Å². The largest absolute Gasteiger partial charge is 0.479 e. The third kappa shape index (κ3) is 3.01. The van der Waals surface area contributed by atoms with Crippen molar-refractivity contribution in [3.05, 3.63) is 23.8 Å². The van der Waals surface area contributed by atoms with Gasteiger partial charge in [-0.25, -0.2) is 14.8 Å². The number of amides is 1. The smallest absolute Gasteiger partial charge is 0.331 e. The predicted molar refractivity (Wildman–Crippen MR) is 62.2 cm³/mol. The molecule has 1 aromatic heterocycles. The van der Waals surface area contributed by atoms with Gasteiger partial charge in [-0.2, -0.15) is 0 Å². The lowest BCUT2D eigenvalue weighted by atomic mass is 10.0. The van der Waals surface area contributed by atoms with E-state index in [1.165, 1.54) is 26.6 Å². The molecule has 98 valence electrons. The van der Waals surface area contributed by atoms with Crippen LogP contribution in [0, 0.1) is 6.92 Å². The molecule has 1 rings (SSSR count). The standard InChI is InChI=1S/C11H15N3O4/c1-7-8(4-12-6-13-7)9(15)14-11(2,5-18-3)10(16)17/h4,6H,5H2,1-3H3,(H,14,15)(H,16,17). The van der Waals surface area contributed by atoms with E-state index < -0.39 is 17.4 Å². The maximum Gasteiger partial charge on any atom is 0.331 e. The molecular weight excluding hydrogens is 238 g/mol. The fraction of sp³-hybridized carbons (Fsp3) is 0.455. The van der Waals surface area contributed by atoms with Gasteiger partial charge in [-0.05, 0) is 13.8 Å². The summed E-state index contributed by atoms with van der Waals surface area (Å²) in [7, 11) is 1.37. The summed E-state index contributed by atoms with van der Waals surface area (Å²) >= 11 is 0. The zero-order valence-electron chi connectivity index (χ0n) is 10.4. The summed E-state index contributed by atoms with van der Waals surface area (Å²) in [4.78, 5) is 30.7. The van der Waals surface area contributed by atoms with Crippen LogP contribution in [0.25, 0.3) is 0 Å². The molecule has 18 heavy (non-hydrogen) atoms. The molecule has 0 fully saturated rings. The van der Waals surface area contributed by atoms with E-state index in [1.54, 1.807) is 6.92 Å². The minimum absolute atomic E-state index is 0.138. The number of rotatable bonds is 5. The zero-order valence-corrected chi connectivity index (χ0v) is 10.4. The van der Waals surface area contributed by atoms with Crippen LogP contribution in [0.3, 0.4) is 0 Å². The van der Waals surface area contributed by atoms with Gasteiger partial charge in [-0.3, -0.25) is 4.79 Å². The van der Waals surface area contributed by atoms with Crippen LogP contribution >= 0.6 is 0 Å². The van der Waals surface area contributed by atoms with E-state index in [-0.39, 0.29) is 12.2 Å². The van der Waals surface area contributed by atoms with E-state index in [2.05, 4.69) is 15.3 Å². The molecule has 1 amide bonds. The molecule has 0 radical (unpaired) electrons. The Morgan fingerprint density at radius 1 is 1.56 bits per heavy atom. The number of nitrogens with one attached hydrogen (secondary N) is 1. The predicted octanol–water partition coefficient (Wildman–Crippen LogP) is 0.00452. The Kier molecular flexibility index (Phi) is 4.33. The van der Waals surface area contributed by atoms with Gasteiger partial charge in [0, 0.05) is 13.3 Å². The molecule has 0 bridgehead atoms. The maximum absolute atomic E-state index is 12.0. The van der Waals surface area contributed by atoms with Gasteiger partial charge in [0.15, 0.2) is 5.54 Å². The Morgan fingerprint density at radius 3 is 2.72 bits per heavy atom. The SMILES string of the molecule is COCC(C)(NC(=O)c1cncnc1C)C(=O)O. The Bertz CT molecular complexity index is 463. The Balaban J connectivity index is 2.93. The van der Waals surface area contributed by atoms with Crippen molar-refractivity contribution in [3.63, 3.8) is 0 Å². The second-order valence-corrected chi connectivity index (χ2v) is 4.05. The van der Waals surface area contributed by atoms with Gasteiger partial charge in [0.25, 0.3) is 5.91 Å². The molecule has 0 saturated carbocycles. The molecule has 1 heterocycles. The first-order valence-corrected chi connectivity index (χ1v) is 5.22. The van der Waals surface area contributed by atoms with Crippen molar-refractivity contribution in [1.29, 1.82) is 0 Å². The van der Waals surface area contributed by atoms with Crippen LogP contribution in [0.15, 0.2) is 12.5 Å². The van der Waals surface area contributed by atoms with E-state index in [1.807, 2.05) is 0 Å².